The van der Waals surface area contributed by atoms with E-state index in [2.05, 4.69) is 44.5 Å². The molecule has 0 saturated carbocycles. The van der Waals surface area contributed by atoms with Gasteiger partial charge in [0, 0.05) is 0 Å². The number of hydrogen-bond acceptors (Lipinski definition) is 8. The first-order valence-corrected chi connectivity index (χ1v) is 16.2. The molecule has 0 aromatic carbocycles. The Bertz CT molecular complexity index is 1090. The van der Waals surface area contributed by atoms with Gasteiger partial charge in [0.15, 0.2) is 0 Å². The Morgan fingerprint density at radius 1 is 1.17 bits per heavy atom. The number of hydrogen-bond donors (Lipinski definition) is 0. The molecule has 1 amide bonds. The van der Waals surface area contributed by atoms with Crippen LogP contribution >= 0.6 is 20.1 Å². The Hall–Kier alpha value is -2.47. The van der Waals surface area contributed by atoms with E-state index < -0.39 is 20.1 Å². The molecule has 3 aliphatic heterocycles. The van der Waals surface area contributed by atoms with Gasteiger partial charge in [-0.2, -0.15) is 0 Å². The Balaban J connectivity index is 1.41. The number of carbonyl (C=O) groups is 1. The summed E-state index contributed by atoms with van der Waals surface area (Å²) < 4.78 is 10.8. The first-order valence-electron chi connectivity index (χ1n) is 12.2. The standard InChI is InChI=1S/C25H34IN7O2/c1-4-23(34)31-12-14-32(15-13-31)24-20-7-11-33(22-6-9-27-16-19(22)2)17-21(20)28-25(29-24)35-18-26-8-5-10-30(26)3/h4,6,9,16H,1,5,7-8,10-15,17-18H2,2-3H3. The number of alkyl halides is 2. The van der Waals surface area contributed by atoms with Gasteiger partial charge in [-0.3, -0.25) is 0 Å². The minimum absolute atomic E-state index is 0.00646. The summed E-state index contributed by atoms with van der Waals surface area (Å²) in [4.78, 5) is 32.7. The first kappa shape index (κ1) is 24.2. The van der Waals surface area contributed by atoms with Crippen molar-refractivity contribution in [3.05, 3.63) is 47.9 Å². The van der Waals surface area contributed by atoms with E-state index in [9.17, 15) is 4.79 Å². The van der Waals surface area contributed by atoms with Gasteiger partial charge in [0.2, 0.25) is 0 Å². The average Bonchev–Trinajstić information content (AvgIpc) is 3.31. The average molecular weight is 591 g/mol. The Labute approximate surface area is 214 Å². The molecule has 35 heavy (non-hydrogen) atoms. The predicted molar refractivity (Wildman–Crippen MR) is 146 cm³/mol. The molecular formula is C25H34IN7O2. The number of aryl methyl sites for hydroxylation is 1. The van der Waals surface area contributed by atoms with Crippen molar-refractivity contribution in [2.75, 3.05) is 65.2 Å². The fourth-order valence-electron chi connectivity index (χ4n) is 4.95. The molecule has 5 heterocycles. The number of piperazine rings is 1. The number of carbonyl (C=O) groups excluding carboxylic acids is 1. The van der Waals surface area contributed by atoms with Crippen LogP contribution in [0.2, 0.25) is 0 Å². The monoisotopic (exact) mass is 591 g/mol. The molecule has 2 saturated heterocycles. The molecular weight excluding hydrogens is 557 g/mol. The number of fused-ring (bicyclic) bond motifs is 1. The summed E-state index contributed by atoms with van der Waals surface area (Å²) >= 11 is -1.26. The molecule has 5 rings (SSSR count). The Morgan fingerprint density at radius 2 is 2.00 bits per heavy atom. The van der Waals surface area contributed by atoms with Gasteiger partial charge >= 0.3 is 215 Å². The summed E-state index contributed by atoms with van der Waals surface area (Å²) in [6, 6.07) is 2.58. The topological polar surface area (TPSA) is 77.9 Å². The quantitative estimate of drug-likeness (QED) is 0.220. The zero-order valence-electron chi connectivity index (χ0n) is 20.6. The van der Waals surface area contributed by atoms with Gasteiger partial charge in [-0.05, 0) is 0 Å². The molecule has 2 aromatic rings. The zero-order chi connectivity index (χ0) is 24.4. The number of nitrogens with zero attached hydrogens (tertiary/aromatic N) is 7. The molecule has 0 radical (unpaired) electrons. The van der Waals surface area contributed by atoms with E-state index in [1.54, 1.807) is 0 Å². The van der Waals surface area contributed by atoms with E-state index in [0.29, 0.717) is 19.1 Å². The molecule has 9 nitrogen and oxygen atoms in total. The van der Waals surface area contributed by atoms with Gasteiger partial charge in [0.25, 0.3) is 0 Å². The fraction of sp³-hybridized carbons (Fsp3) is 0.520. The van der Waals surface area contributed by atoms with Crippen molar-refractivity contribution in [2.45, 2.75) is 26.3 Å². The van der Waals surface area contributed by atoms with E-state index in [1.807, 2.05) is 17.3 Å². The second-order valence-corrected chi connectivity index (χ2v) is 14.9. The Morgan fingerprint density at radius 3 is 2.71 bits per heavy atom. The molecule has 0 aliphatic carbocycles. The zero-order valence-corrected chi connectivity index (χ0v) is 22.8. The molecule has 0 unspecified atom stereocenters. The van der Waals surface area contributed by atoms with E-state index in [4.69, 9.17) is 14.7 Å². The summed E-state index contributed by atoms with van der Waals surface area (Å²) in [5, 5.41) is 0. The summed E-state index contributed by atoms with van der Waals surface area (Å²) in [7, 11) is 2.22. The fourth-order valence-corrected chi connectivity index (χ4v) is 9.45. The SMILES string of the molecule is C=CC(=O)N1CCN(c2nc(OCI3CCCN3C)nc3c2CCN(c2ccncc2C)C3)CC1. The predicted octanol–water partition coefficient (Wildman–Crippen LogP) is 2.67. The molecule has 0 spiro atoms. The van der Waals surface area contributed by atoms with Gasteiger partial charge in [-0.15, -0.1) is 0 Å². The van der Waals surface area contributed by atoms with E-state index >= 15 is 0 Å². The van der Waals surface area contributed by atoms with Crippen LogP contribution in [0.25, 0.3) is 0 Å². The van der Waals surface area contributed by atoms with Crippen LogP contribution in [0, 0.1) is 6.92 Å². The summed E-state index contributed by atoms with van der Waals surface area (Å²) in [6.45, 7) is 11.4. The van der Waals surface area contributed by atoms with Crippen LogP contribution in [-0.2, 0) is 17.8 Å². The third kappa shape index (κ3) is 5.23. The molecule has 0 atom stereocenters. The third-order valence-electron chi connectivity index (χ3n) is 6.96. The van der Waals surface area contributed by atoms with Gasteiger partial charge < -0.3 is 0 Å². The van der Waals surface area contributed by atoms with Crippen molar-refractivity contribution in [1.29, 1.82) is 0 Å². The molecule has 0 bridgehead atoms. The van der Waals surface area contributed by atoms with Crippen LogP contribution in [0.3, 0.4) is 0 Å². The maximum atomic E-state index is 12.1. The minimum atomic E-state index is -1.26. The van der Waals surface area contributed by atoms with Crippen molar-refractivity contribution in [1.82, 2.24) is 23.0 Å². The molecule has 2 aromatic heterocycles. The number of halogens is 1. The van der Waals surface area contributed by atoms with E-state index in [-0.39, 0.29) is 5.91 Å². The summed E-state index contributed by atoms with van der Waals surface area (Å²) in [5.74, 6) is 0.971. The number of pyridine rings is 1. The van der Waals surface area contributed by atoms with Crippen LogP contribution in [-0.4, -0.2) is 84.2 Å². The number of anilines is 2. The number of aromatic nitrogens is 3. The van der Waals surface area contributed by atoms with Crippen LogP contribution in [0.5, 0.6) is 6.01 Å². The normalized spacial score (nSPS) is 19.6. The second-order valence-electron chi connectivity index (χ2n) is 9.16. The Kier molecular flexibility index (Phi) is 7.37. The van der Waals surface area contributed by atoms with Crippen LogP contribution in [0.4, 0.5) is 11.5 Å². The molecule has 10 heteroatoms. The number of ether oxygens (including phenoxy) is 1. The summed E-state index contributed by atoms with van der Waals surface area (Å²) in [5.41, 5.74) is 4.62. The van der Waals surface area contributed by atoms with Crippen molar-refractivity contribution >= 4 is 37.5 Å². The summed E-state index contributed by atoms with van der Waals surface area (Å²) in [6.07, 6.45) is 7.31. The maximum absolute atomic E-state index is 12.1. The third-order valence-corrected chi connectivity index (χ3v) is 12.8. The van der Waals surface area contributed by atoms with Crippen LogP contribution in [0.1, 0.15) is 23.2 Å². The van der Waals surface area contributed by atoms with Gasteiger partial charge in [0.05, 0.1) is 0 Å². The molecule has 0 N–H and O–H groups in total. The van der Waals surface area contributed by atoms with Gasteiger partial charge in [-0.1, -0.05) is 0 Å². The van der Waals surface area contributed by atoms with Crippen molar-refractivity contribution in [2.24, 2.45) is 0 Å². The molecule has 2 fully saturated rings. The van der Waals surface area contributed by atoms with Crippen molar-refractivity contribution < 1.29 is 9.53 Å². The number of rotatable bonds is 6. The number of amides is 1. The second kappa shape index (κ2) is 10.7. The van der Waals surface area contributed by atoms with Gasteiger partial charge in [0.1, 0.15) is 0 Å². The van der Waals surface area contributed by atoms with Crippen LogP contribution < -0.4 is 14.5 Å². The van der Waals surface area contributed by atoms with E-state index in [0.717, 1.165) is 48.7 Å². The molecule has 188 valence electrons. The first-order chi connectivity index (χ1) is 17.0. The van der Waals surface area contributed by atoms with Crippen LogP contribution in [0.15, 0.2) is 31.1 Å². The van der Waals surface area contributed by atoms with E-state index in [1.165, 1.54) is 40.3 Å². The van der Waals surface area contributed by atoms with Crippen molar-refractivity contribution in [3.8, 4) is 6.01 Å². The molecule has 3 aliphatic rings. The van der Waals surface area contributed by atoms with Crippen molar-refractivity contribution in [3.63, 3.8) is 0 Å². The van der Waals surface area contributed by atoms with Gasteiger partial charge in [-0.25, -0.2) is 0 Å².